The summed E-state index contributed by atoms with van der Waals surface area (Å²) in [5.74, 6) is 1.04. The molecule has 0 radical (unpaired) electrons. The second-order valence-electron chi connectivity index (χ2n) is 13.7. The van der Waals surface area contributed by atoms with Crippen LogP contribution in [0.15, 0.2) is 80.4 Å². The average Bonchev–Trinajstić information content (AvgIpc) is 3.46. The molecule has 0 unspecified atom stereocenters. The zero-order valence-corrected chi connectivity index (χ0v) is 31.5. The van der Waals surface area contributed by atoms with E-state index in [0.717, 1.165) is 29.9 Å². The van der Waals surface area contributed by atoms with Gasteiger partial charge in [0.2, 0.25) is 0 Å². The predicted molar refractivity (Wildman–Crippen MR) is 200 cm³/mol. The van der Waals surface area contributed by atoms with Gasteiger partial charge in [0.15, 0.2) is 0 Å². The first-order chi connectivity index (χ1) is 22.4. The molecule has 2 aliphatic rings. The van der Waals surface area contributed by atoms with Gasteiger partial charge in [-0.25, -0.2) is 9.97 Å². The molecule has 7 rings (SSSR count). The summed E-state index contributed by atoms with van der Waals surface area (Å²) in [4.78, 5) is 8.12. The van der Waals surface area contributed by atoms with Crippen LogP contribution in [0.25, 0.3) is 0 Å². The number of hydrogen-bond acceptors (Lipinski definition) is 2. The van der Waals surface area contributed by atoms with E-state index in [2.05, 4.69) is 128 Å². The van der Waals surface area contributed by atoms with Crippen molar-refractivity contribution in [2.24, 2.45) is 20.0 Å². The van der Waals surface area contributed by atoms with Crippen LogP contribution in [0.5, 0.6) is 0 Å². The maximum absolute atomic E-state index is 4.14. The summed E-state index contributed by atoms with van der Waals surface area (Å²) in [6, 6.07) is 7.70. The quantitative estimate of drug-likeness (QED) is 0.196. The minimum Gasteiger partial charge on any atom is -0.357 e. The number of aromatic nitrogens is 7. The summed E-state index contributed by atoms with van der Waals surface area (Å²) in [5.41, 5.74) is 6.20. The minimum atomic E-state index is 0.596. The lowest BCUT2D eigenvalue weighted by Crippen LogP contribution is -1.99. The van der Waals surface area contributed by atoms with Crippen LogP contribution in [0.4, 0.5) is 0 Å². The van der Waals surface area contributed by atoms with Gasteiger partial charge < -0.3 is 22.8 Å². The fourth-order valence-electron chi connectivity index (χ4n) is 5.11. The van der Waals surface area contributed by atoms with Gasteiger partial charge in [0, 0.05) is 82.3 Å². The van der Waals surface area contributed by atoms with E-state index in [1.54, 1.807) is 6.33 Å². The van der Waals surface area contributed by atoms with Crippen molar-refractivity contribution in [1.82, 2.24) is 32.8 Å². The van der Waals surface area contributed by atoms with E-state index in [9.17, 15) is 0 Å². The van der Waals surface area contributed by atoms with Crippen LogP contribution in [0.2, 0.25) is 0 Å². The van der Waals surface area contributed by atoms with Crippen molar-refractivity contribution < 1.29 is 0 Å². The van der Waals surface area contributed by atoms with Crippen LogP contribution in [0.3, 0.4) is 0 Å². The largest absolute Gasteiger partial charge is 0.357 e. The highest BCUT2D eigenvalue weighted by atomic mass is 15.1. The molecular weight excluding hydrogens is 578 g/mol. The molecule has 5 heterocycles. The molecule has 0 aromatic carbocycles. The molecule has 5 aromatic rings. The fourth-order valence-corrected chi connectivity index (χ4v) is 5.11. The van der Waals surface area contributed by atoms with E-state index in [1.165, 1.54) is 61.6 Å². The summed E-state index contributed by atoms with van der Waals surface area (Å²) in [6.45, 7) is 20.2. The highest BCUT2D eigenvalue weighted by Gasteiger charge is 2.22. The number of aryl methyl sites for hydroxylation is 8. The summed E-state index contributed by atoms with van der Waals surface area (Å²) in [5, 5.41) is 0. The van der Waals surface area contributed by atoms with Gasteiger partial charge >= 0.3 is 0 Å². The molecule has 2 aliphatic carbocycles. The average molecular weight is 644 g/mol. The van der Waals surface area contributed by atoms with E-state index in [-0.39, 0.29) is 0 Å². The van der Waals surface area contributed by atoms with Crippen molar-refractivity contribution >= 4 is 0 Å². The van der Waals surface area contributed by atoms with Gasteiger partial charge in [-0.3, -0.25) is 0 Å². The number of imidazole rings is 2. The SMILES string of the molecule is CC1CCCCC1.CCn1ccc(C)c1.Cc1ccn(C(C)C)c1.Cc1ccn(C)c1.Cc1cn(C)cn1.Cc1cn(C2CC2)cn1. The summed E-state index contributed by atoms with van der Waals surface area (Å²) in [6.07, 6.45) is 30.5. The normalized spacial score (nSPS) is 13.8. The Morgan fingerprint density at radius 1 is 0.660 bits per heavy atom. The van der Waals surface area contributed by atoms with Gasteiger partial charge in [0.25, 0.3) is 0 Å². The van der Waals surface area contributed by atoms with Crippen LogP contribution in [-0.2, 0) is 20.6 Å². The Kier molecular flexibility index (Phi) is 17.8. The highest BCUT2D eigenvalue weighted by molar-refractivity contribution is 5.08. The first kappa shape index (κ1) is 39.4. The van der Waals surface area contributed by atoms with Gasteiger partial charge in [-0.05, 0) is 109 Å². The Hall–Kier alpha value is -3.74. The smallest absolute Gasteiger partial charge is 0.0951 e. The monoisotopic (exact) mass is 644 g/mol. The zero-order chi connectivity index (χ0) is 34.8. The number of hydrogen-bond donors (Lipinski definition) is 0. The maximum Gasteiger partial charge on any atom is 0.0951 e. The van der Waals surface area contributed by atoms with Crippen LogP contribution in [-0.4, -0.2) is 32.8 Å². The minimum absolute atomic E-state index is 0.596. The van der Waals surface area contributed by atoms with Crippen molar-refractivity contribution in [1.29, 1.82) is 0 Å². The third-order valence-electron chi connectivity index (χ3n) is 8.13. The predicted octanol–water partition coefficient (Wildman–Crippen LogP) is 10.4. The molecule has 2 saturated carbocycles. The van der Waals surface area contributed by atoms with Crippen molar-refractivity contribution in [3.05, 3.63) is 109 Å². The van der Waals surface area contributed by atoms with Gasteiger partial charge in [-0.1, -0.05) is 39.0 Å². The van der Waals surface area contributed by atoms with Crippen molar-refractivity contribution in [3.63, 3.8) is 0 Å². The lowest BCUT2D eigenvalue weighted by atomic mass is 9.91. The van der Waals surface area contributed by atoms with Crippen LogP contribution in [0.1, 0.15) is 113 Å². The molecule has 2 fully saturated rings. The van der Waals surface area contributed by atoms with E-state index in [4.69, 9.17) is 0 Å². The third-order valence-corrected chi connectivity index (χ3v) is 8.13. The number of rotatable bonds is 3. The molecule has 260 valence electrons. The molecule has 0 N–H and O–H groups in total. The molecular formula is C40H65N7. The molecule has 0 bridgehead atoms. The van der Waals surface area contributed by atoms with E-state index < -0.39 is 0 Å². The van der Waals surface area contributed by atoms with Crippen LogP contribution < -0.4 is 0 Å². The van der Waals surface area contributed by atoms with Gasteiger partial charge in [-0.2, -0.15) is 0 Å². The molecule has 0 saturated heterocycles. The van der Waals surface area contributed by atoms with Gasteiger partial charge in [0.05, 0.1) is 24.0 Å². The molecule has 7 nitrogen and oxygen atoms in total. The second kappa shape index (κ2) is 21.2. The number of nitrogens with zero attached hydrogens (tertiary/aromatic N) is 7. The van der Waals surface area contributed by atoms with Gasteiger partial charge in [-0.15, -0.1) is 0 Å². The standard InChI is InChI=1S/C8H13N.C7H10N2.C7H11N.C7H14.C6H9N.C5H8N2/c1-7(2)9-5-4-8(3)6-9;1-6-4-9(5-8-6)7-2-3-7;1-3-8-5-4-7(2)6-8;1-7-5-3-2-4-6-7;1-6-3-4-7(2)5-6;1-5-3-7(2)4-6-5/h4-7H,1-3H3;4-5,7H,2-3H2,1H3;4-6H,3H2,1-2H3;7H,2-6H2,1H3;3-5H,1-2H3;3-4H,1-2H3. The zero-order valence-electron chi connectivity index (χ0n) is 31.5. The summed E-state index contributed by atoms with van der Waals surface area (Å²) >= 11 is 0. The molecule has 0 spiro atoms. The van der Waals surface area contributed by atoms with Crippen LogP contribution >= 0.6 is 0 Å². The van der Waals surface area contributed by atoms with E-state index in [1.807, 2.05) is 55.8 Å². The molecule has 5 aromatic heterocycles. The molecule has 0 aliphatic heterocycles. The van der Waals surface area contributed by atoms with E-state index >= 15 is 0 Å². The molecule has 7 heteroatoms. The Balaban J connectivity index is 0.000000197. The van der Waals surface area contributed by atoms with E-state index in [0.29, 0.717) is 6.04 Å². The first-order valence-electron chi connectivity index (χ1n) is 17.7. The van der Waals surface area contributed by atoms with Crippen LogP contribution in [0, 0.1) is 40.5 Å². The highest BCUT2D eigenvalue weighted by Crippen LogP contribution is 2.34. The van der Waals surface area contributed by atoms with Gasteiger partial charge in [0.1, 0.15) is 0 Å². The third kappa shape index (κ3) is 17.7. The first-order valence-corrected chi connectivity index (χ1v) is 17.7. The maximum atomic E-state index is 4.14. The second-order valence-corrected chi connectivity index (χ2v) is 13.7. The summed E-state index contributed by atoms with van der Waals surface area (Å²) < 4.78 is 10.5. The molecule has 0 amide bonds. The Labute approximate surface area is 286 Å². The topological polar surface area (TPSA) is 50.4 Å². The Bertz CT molecular complexity index is 1370. The van der Waals surface area contributed by atoms with Crippen molar-refractivity contribution in [2.45, 2.75) is 126 Å². The fraction of sp³-hybridized carbons (Fsp3) is 0.550. The lowest BCUT2D eigenvalue weighted by molar-refractivity contribution is 0.385. The summed E-state index contributed by atoms with van der Waals surface area (Å²) in [7, 11) is 3.98. The Morgan fingerprint density at radius 3 is 1.49 bits per heavy atom. The van der Waals surface area contributed by atoms with Crippen molar-refractivity contribution in [3.8, 4) is 0 Å². The molecule has 0 atom stereocenters. The molecule has 47 heavy (non-hydrogen) atoms. The lowest BCUT2D eigenvalue weighted by Gasteiger charge is -2.15. The van der Waals surface area contributed by atoms with Crippen molar-refractivity contribution in [2.75, 3.05) is 0 Å². The Morgan fingerprint density at radius 2 is 1.23 bits per heavy atom.